The van der Waals surface area contributed by atoms with Crippen molar-refractivity contribution in [1.29, 1.82) is 0 Å². The third kappa shape index (κ3) is 5.67. The lowest BCUT2D eigenvalue weighted by molar-refractivity contribution is 0.0385. The summed E-state index contributed by atoms with van der Waals surface area (Å²) in [5.41, 5.74) is 5.07. The van der Waals surface area contributed by atoms with Crippen LogP contribution in [0.1, 0.15) is 41.4 Å². The van der Waals surface area contributed by atoms with Crippen LogP contribution in [0.5, 0.6) is 0 Å². The van der Waals surface area contributed by atoms with Gasteiger partial charge in [0.2, 0.25) is 5.89 Å². The number of piperazine rings is 1. The second-order valence-corrected chi connectivity index (χ2v) is 10.6. The molecule has 0 radical (unpaired) electrons. The molecule has 0 N–H and O–H groups in total. The smallest absolute Gasteiger partial charge is 0.350 e. The summed E-state index contributed by atoms with van der Waals surface area (Å²) < 4.78 is 34.3. The number of benzene rings is 2. The summed E-state index contributed by atoms with van der Waals surface area (Å²) in [5, 5.41) is 15.7. The van der Waals surface area contributed by atoms with Gasteiger partial charge in [0.05, 0.1) is 12.2 Å². The minimum atomic E-state index is -2.88. The number of amides is 1. The molecule has 7 rings (SSSR count). The average Bonchev–Trinajstić information content (AvgIpc) is 3.85. The van der Waals surface area contributed by atoms with E-state index in [0.29, 0.717) is 53.5 Å². The summed E-state index contributed by atoms with van der Waals surface area (Å²) in [4.78, 5) is 26.7. The number of tetrazole rings is 1. The van der Waals surface area contributed by atoms with Gasteiger partial charge in [0.15, 0.2) is 11.4 Å². The Morgan fingerprint density at radius 2 is 1.80 bits per heavy atom. The number of carbonyl (C=O) groups excluding carboxylic acids is 1. The molecule has 0 aliphatic carbocycles. The number of hydrogen-bond donors (Lipinski definition) is 0. The van der Waals surface area contributed by atoms with Crippen LogP contribution in [-0.2, 0) is 6.54 Å². The molecular weight excluding hydrogens is 582 g/mol. The lowest BCUT2D eigenvalue weighted by atomic mass is 10.0. The maximum absolute atomic E-state index is 13.5. The number of fused-ring (bicyclic) bond motifs is 1. The number of alkyl halides is 2. The minimum Gasteiger partial charge on any atom is -0.436 e. The fraction of sp³-hybridized carbons (Fsp3) is 0.258. The molecule has 1 amide bonds. The van der Waals surface area contributed by atoms with Gasteiger partial charge in [-0.1, -0.05) is 41.2 Å². The molecule has 45 heavy (non-hydrogen) atoms. The second kappa shape index (κ2) is 12.0. The van der Waals surface area contributed by atoms with Gasteiger partial charge in [0.25, 0.3) is 5.91 Å². The maximum atomic E-state index is 13.5. The van der Waals surface area contributed by atoms with Crippen molar-refractivity contribution >= 4 is 17.0 Å². The molecule has 0 spiro atoms. The summed E-state index contributed by atoms with van der Waals surface area (Å²) in [5.74, 6) is 0.348. The van der Waals surface area contributed by atoms with Crippen molar-refractivity contribution in [3.05, 3.63) is 96.3 Å². The predicted molar refractivity (Wildman–Crippen MR) is 159 cm³/mol. The molecule has 6 aromatic rings. The molecule has 1 aliphatic heterocycles. The number of carbonyl (C=O) groups is 1. The van der Waals surface area contributed by atoms with Crippen molar-refractivity contribution in [3.8, 4) is 22.6 Å². The Kier molecular flexibility index (Phi) is 7.55. The van der Waals surface area contributed by atoms with Gasteiger partial charge in [-0.05, 0) is 47.5 Å². The van der Waals surface area contributed by atoms with Crippen LogP contribution in [0.2, 0.25) is 0 Å². The Hall–Kier alpha value is -5.37. The van der Waals surface area contributed by atoms with E-state index in [1.54, 1.807) is 23.2 Å². The van der Waals surface area contributed by atoms with E-state index in [1.807, 2.05) is 72.5 Å². The van der Waals surface area contributed by atoms with Gasteiger partial charge in [-0.25, -0.2) is 4.98 Å². The number of pyridine rings is 1. The van der Waals surface area contributed by atoms with E-state index in [0.717, 1.165) is 23.2 Å². The maximum Gasteiger partial charge on any atom is 0.350 e. The van der Waals surface area contributed by atoms with Gasteiger partial charge in [-0.2, -0.15) is 13.9 Å². The highest BCUT2D eigenvalue weighted by molar-refractivity contribution is 5.93. The molecule has 5 heterocycles. The van der Waals surface area contributed by atoms with Crippen LogP contribution in [0, 0.1) is 0 Å². The third-order valence-corrected chi connectivity index (χ3v) is 7.85. The van der Waals surface area contributed by atoms with E-state index in [4.69, 9.17) is 4.42 Å². The summed E-state index contributed by atoms with van der Waals surface area (Å²) in [6, 6.07) is 18.2. The van der Waals surface area contributed by atoms with Crippen molar-refractivity contribution in [3.63, 3.8) is 0 Å². The Bertz CT molecular complexity index is 1950. The van der Waals surface area contributed by atoms with Crippen LogP contribution in [0.4, 0.5) is 8.78 Å². The Morgan fingerprint density at radius 1 is 0.978 bits per heavy atom. The largest absolute Gasteiger partial charge is 0.436 e. The van der Waals surface area contributed by atoms with Crippen LogP contribution in [0.25, 0.3) is 33.7 Å². The van der Waals surface area contributed by atoms with E-state index >= 15 is 0 Å². The fourth-order valence-corrected chi connectivity index (χ4v) is 5.53. The molecular formula is C31H28F2N10O2. The van der Waals surface area contributed by atoms with Crippen LogP contribution in [0.3, 0.4) is 0 Å². The topological polar surface area (TPSA) is 124 Å². The fourth-order valence-electron chi connectivity index (χ4n) is 5.53. The zero-order chi connectivity index (χ0) is 30.9. The molecule has 0 unspecified atom stereocenters. The first-order valence-electron chi connectivity index (χ1n) is 14.5. The predicted octanol–water partition coefficient (Wildman–Crippen LogP) is 4.70. The van der Waals surface area contributed by atoms with Crippen molar-refractivity contribution in [2.24, 2.45) is 0 Å². The number of nitrogens with zero attached hydrogens (tertiary/aromatic N) is 10. The van der Waals surface area contributed by atoms with E-state index in [9.17, 15) is 13.6 Å². The molecule has 1 saturated heterocycles. The SMILES string of the molecule is CCn1cc(-c2ccc3oc(-c4ccnc(C(=O)N5CCN([C@H](c6ccccc6)c6nnn(C(F)F)n6)CC5)c4)nc3c2)cn1. The summed E-state index contributed by atoms with van der Waals surface area (Å²) >= 11 is 0. The monoisotopic (exact) mass is 610 g/mol. The van der Waals surface area contributed by atoms with E-state index in [1.165, 1.54) is 0 Å². The third-order valence-electron chi connectivity index (χ3n) is 7.85. The van der Waals surface area contributed by atoms with Crippen LogP contribution < -0.4 is 0 Å². The van der Waals surface area contributed by atoms with Gasteiger partial charge in [0.1, 0.15) is 11.2 Å². The standard InChI is InChI=1S/C31H28F2N10O2/c1-2-42-19-23(18-35-42)21-8-9-26-24(16-21)36-29(45-26)22-10-11-34-25(17-22)30(44)41-14-12-40(13-15-41)27(20-6-4-3-5-7-20)28-37-39-43(38-28)31(32)33/h3-11,16-19,27,31H,2,12-15H2,1H3/t27-/m1/s1. The van der Waals surface area contributed by atoms with Crippen LogP contribution in [-0.4, -0.2) is 81.8 Å². The Balaban J connectivity index is 1.07. The van der Waals surface area contributed by atoms with Crippen molar-refractivity contribution < 1.29 is 18.0 Å². The first-order chi connectivity index (χ1) is 22.0. The second-order valence-electron chi connectivity index (χ2n) is 10.6. The number of halogens is 2. The van der Waals surface area contributed by atoms with Crippen molar-refractivity contribution in [1.82, 2.24) is 49.8 Å². The number of oxazole rings is 1. The molecule has 12 nitrogen and oxygen atoms in total. The van der Waals surface area contributed by atoms with E-state index < -0.39 is 12.6 Å². The minimum absolute atomic E-state index is 0.178. The number of hydrogen-bond acceptors (Lipinski definition) is 9. The van der Waals surface area contributed by atoms with Gasteiger partial charge in [-0.15, -0.1) is 10.2 Å². The van der Waals surface area contributed by atoms with E-state index in [-0.39, 0.29) is 17.4 Å². The number of aromatic nitrogens is 8. The molecule has 228 valence electrons. The highest BCUT2D eigenvalue weighted by atomic mass is 19.3. The van der Waals surface area contributed by atoms with Crippen LogP contribution in [0.15, 0.2) is 83.7 Å². The summed E-state index contributed by atoms with van der Waals surface area (Å²) in [7, 11) is 0. The number of rotatable bonds is 8. The zero-order valence-electron chi connectivity index (χ0n) is 24.2. The summed E-state index contributed by atoms with van der Waals surface area (Å²) in [6.45, 7) is 1.68. The zero-order valence-corrected chi connectivity index (χ0v) is 24.2. The van der Waals surface area contributed by atoms with Gasteiger partial charge in [0, 0.05) is 56.2 Å². The summed E-state index contributed by atoms with van der Waals surface area (Å²) in [6.07, 6.45) is 5.38. The van der Waals surface area contributed by atoms with Crippen molar-refractivity contribution in [2.45, 2.75) is 26.1 Å². The van der Waals surface area contributed by atoms with Gasteiger partial charge >= 0.3 is 6.55 Å². The first-order valence-corrected chi connectivity index (χ1v) is 14.5. The molecule has 0 bridgehead atoms. The molecule has 1 atom stereocenters. The first kappa shape index (κ1) is 28.4. The Morgan fingerprint density at radius 3 is 2.53 bits per heavy atom. The van der Waals surface area contributed by atoms with Crippen molar-refractivity contribution in [2.75, 3.05) is 26.2 Å². The molecule has 1 fully saturated rings. The lowest BCUT2D eigenvalue weighted by Crippen LogP contribution is -2.50. The van der Waals surface area contributed by atoms with Gasteiger partial charge in [-0.3, -0.25) is 19.4 Å². The van der Waals surface area contributed by atoms with E-state index in [2.05, 4.69) is 35.4 Å². The molecule has 4 aromatic heterocycles. The van der Waals surface area contributed by atoms with Crippen LogP contribution >= 0.6 is 0 Å². The average molecular weight is 611 g/mol. The quantitative estimate of drug-likeness (QED) is 0.241. The molecule has 0 saturated carbocycles. The normalized spacial score (nSPS) is 14.8. The lowest BCUT2D eigenvalue weighted by Gasteiger charge is -2.38. The number of aryl methyl sites for hydroxylation is 1. The molecule has 1 aliphatic rings. The molecule has 2 aromatic carbocycles. The van der Waals surface area contributed by atoms with Gasteiger partial charge < -0.3 is 9.32 Å². The highest BCUT2D eigenvalue weighted by Crippen LogP contribution is 2.30. The molecule has 14 heteroatoms. The Labute approximate surface area is 255 Å². The highest BCUT2D eigenvalue weighted by Gasteiger charge is 2.32.